The molecule has 0 saturated heterocycles. The lowest BCUT2D eigenvalue weighted by Gasteiger charge is -2.09. The van der Waals surface area contributed by atoms with Gasteiger partial charge in [0.1, 0.15) is 10.7 Å². The number of nitrogens with one attached hydrogen (secondary N) is 1. The topological polar surface area (TPSA) is 89.3 Å². The maximum atomic E-state index is 12.9. The molecule has 0 aliphatic carbocycles. The van der Waals surface area contributed by atoms with Gasteiger partial charge in [-0.05, 0) is 47.5 Å². The van der Waals surface area contributed by atoms with Gasteiger partial charge in [0.05, 0.1) is 16.8 Å². The van der Waals surface area contributed by atoms with Gasteiger partial charge in [0.25, 0.3) is 5.56 Å². The van der Waals surface area contributed by atoms with Gasteiger partial charge in [-0.2, -0.15) is 4.68 Å². The van der Waals surface area contributed by atoms with Gasteiger partial charge in [0.2, 0.25) is 5.16 Å². The molecule has 0 unspecified atom stereocenters. The number of H-pyrrole nitrogens is 1. The lowest BCUT2D eigenvalue weighted by atomic mass is 10.1. The number of fused-ring (bicyclic) bond motifs is 1. The van der Waals surface area contributed by atoms with Crippen LogP contribution in [-0.2, 0) is 5.75 Å². The molecule has 0 aliphatic rings. The Morgan fingerprint density at radius 2 is 1.97 bits per heavy atom. The van der Waals surface area contributed by atoms with E-state index in [1.54, 1.807) is 4.68 Å². The molecule has 0 bridgehead atoms. The van der Waals surface area contributed by atoms with E-state index in [9.17, 15) is 4.79 Å². The number of hydrogen-bond acceptors (Lipinski definition) is 7. The first-order valence-electron chi connectivity index (χ1n) is 9.76. The quantitative estimate of drug-likeness (QED) is 0.348. The van der Waals surface area contributed by atoms with Crippen molar-refractivity contribution >= 4 is 44.9 Å². The Bertz CT molecular complexity index is 1510. The first-order valence-corrected chi connectivity index (χ1v) is 12.0. The summed E-state index contributed by atoms with van der Waals surface area (Å²) in [5.74, 6) is 0.992. The molecule has 3 heterocycles. The number of nitrogens with zero attached hydrogens (tertiary/aromatic N) is 5. The summed E-state index contributed by atoms with van der Waals surface area (Å²) in [6.07, 6.45) is 0. The third-order valence-electron chi connectivity index (χ3n) is 5.24. The van der Waals surface area contributed by atoms with E-state index in [0.29, 0.717) is 32.0 Å². The van der Waals surface area contributed by atoms with Gasteiger partial charge in [0.15, 0.2) is 0 Å². The molecule has 0 amide bonds. The molecule has 10 heteroatoms. The number of benzene rings is 2. The lowest BCUT2D eigenvalue weighted by Crippen LogP contribution is -2.11. The van der Waals surface area contributed by atoms with E-state index in [-0.39, 0.29) is 5.56 Å². The van der Waals surface area contributed by atoms with Gasteiger partial charge in [0, 0.05) is 21.5 Å². The number of halogens is 1. The van der Waals surface area contributed by atoms with Crippen LogP contribution in [0.1, 0.15) is 17.0 Å². The first kappa shape index (κ1) is 20.9. The van der Waals surface area contributed by atoms with E-state index in [1.807, 2.05) is 48.7 Å². The Kier molecular flexibility index (Phi) is 5.54. The third-order valence-corrected chi connectivity index (χ3v) is 7.37. The van der Waals surface area contributed by atoms with Crippen molar-refractivity contribution < 1.29 is 0 Å². The van der Waals surface area contributed by atoms with Crippen LogP contribution >= 0.6 is 34.7 Å². The molecular weight excluding hydrogens is 464 g/mol. The molecule has 0 saturated carbocycles. The number of thioether (sulfide) groups is 1. The van der Waals surface area contributed by atoms with Crippen molar-refractivity contribution in [3.8, 4) is 16.8 Å². The van der Waals surface area contributed by atoms with Crippen molar-refractivity contribution in [2.24, 2.45) is 0 Å². The predicted molar refractivity (Wildman–Crippen MR) is 129 cm³/mol. The van der Waals surface area contributed by atoms with E-state index in [1.165, 1.54) is 23.1 Å². The Labute approximate surface area is 196 Å². The number of aromatic amines is 1. The summed E-state index contributed by atoms with van der Waals surface area (Å²) in [5.41, 5.74) is 4.63. The average Bonchev–Trinajstić information content (AvgIpc) is 3.42. The van der Waals surface area contributed by atoms with Gasteiger partial charge in [-0.1, -0.05) is 53.7 Å². The van der Waals surface area contributed by atoms with Crippen LogP contribution in [0.15, 0.2) is 57.8 Å². The van der Waals surface area contributed by atoms with Crippen molar-refractivity contribution in [1.29, 1.82) is 0 Å². The maximum absolute atomic E-state index is 12.9. The van der Waals surface area contributed by atoms with E-state index in [0.717, 1.165) is 27.9 Å². The van der Waals surface area contributed by atoms with Crippen LogP contribution in [0.25, 0.3) is 27.0 Å². The highest BCUT2D eigenvalue weighted by Gasteiger charge is 2.16. The zero-order valence-electron chi connectivity index (χ0n) is 17.2. The minimum Gasteiger partial charge on any atom is -0.309 e. The van der Waals surface area contributed by atoms with Crippen molar-refractivity contribution in [1.82, 2.24) is 30.2 Å². The second-order valence-corrected chi connectivity index (χ2v) is 9.41. The number of rotatable bonds is 5. The van der Waals surface area contributed by atoms with Crippen LogP contribution in [0.2, 0.25) is 5.02 Å². The van der Waals surface area contributed by atoms with E-state index in [4.69, 9.17) is 11.6 Å². The molecule has 3 aromatic heterocycles. The van der Waals surface area contributed by atoms with Crippen molar-refractivity contribution in [3.05, 3.63) is 80.2 Å². The van der Waals surface area contributed by atoms with Crippen LogP contribution in [0.4, 0.5) is 0 Å². The summed E-state index contributed by atoms with van der Waals surface area (Å²) >= 11 is 9.19. The second kappa shape index (κ2) is 8.50. The van der Waals surface area contributed by atoms with Gasteiger partial charge in [-0.25, -0.2) is 4.98 Å². The summed E-state index contributed by atoms with van der Waals surface area (Å²) in [6.45, 7) is 4.10. The third kappa shape index (κ3) is 3.72. The Morgan fingerprint density at radius 1 is 1.12 bits per heavy atom. The number of thiophene rings is 1. The average molecular weight is 481 g/mol. The van der Waals surface area contributed by atoms with E-state index >= 15 is 0 Å². The second-order valence-electron chi connectivity index (χ2n) is 7.20. The number of aryl methyl sites for hydroxylation is 1. The maximum Gasteiger partial charge on any atom is 0.260 e. The highest BCUT2D eigenvalue weighted by atomic mass is 35.5. The van der Waals surface area contributed by atoms with Gasteiger partial charge < -0.3 is 4.98 Å². The Balaban J connectivity index is 1.45. The molecule has 5 aromatic rings. The predicted octanol–water partition coefficient (Wildman–Crippen LogP) is 5.19. The van der Waals surface area contributed by atoms with E-state index < -0.39 is 0 Å². The summed E-state index contributed by atoms with van der Waals surface area (Å²) in [6, 6.07) is 13.5. The zero-order valence-corrected chi connectivity index (χ0v) is 19.6. The molecule has 32 heavy (non-hydrogen) atoms. The normalized spacial score (nSPS) is 11.3. The highest BCUT2D eigenvalue weighted by molar-refractivity contribution is 7.98. The van der Waals surface area contributed by atoms with Gasteiger partial charge >= 0.3 is 0 Å². The molecule has 5 rings (SSSR count). The molecule has 0 aliphatic heterocycles. The summed E-state index contributed by atoms with van der Waals surface area (Å²) in [4.78, 5) is 21.2. The Morgan fingerprint density at radius 3 is 2.81 bits per heavy atom. The van der Waals surface area contributed by atoms with Crippen LogP contribution in [0.5, 0.6) is 0 Å². The van der Waals surface area contributed by atoms with Crippen molar-refractivity contribution in [2.45, 2.75) is 24.8 Å². The fourth-order valence-corrected chi connectivity index (χ4v) is 5.41. The minimum absolute atomic E-state index is 0.184. The number of aromatic nitrogens is 6. The summed E-state index contributed by atoms with van der Waals surface area (Å²) < 4.78 is 1.71. The number of hydrogen-bond donors (Lipinski definition) is 1. The summed E-state index contributed by atoms with van der Waals surface area (Å²) in [7, 11) is 0. The van der Waals surface area contributed by atoms with Crippen LogP contribution in [0.3, 0.4) is 0 Å². The largest absolute Gasteiger partial charge is 0.309 e. The molecule has 7 nitrogen and oxygen atoms in total. The monoisotopic (exact) mass is 480 g/mol. The SMILES string of the molecule is Cc1cccc(-n2nnnc2SCc2nc3scc(-c4ccccc4Cl)c3c(=O)[nH]2)c1C. The van der Waals surface area contributed by atoms with Crippen LogP contribution in [0, 0.1) is 13.8 Å². The fourth-order valence-electron chi connectivity index (χ4n) is 3.46. The molecule has 0 radical (unpaired) electrons. The lowest BCUT2D eigenvalue weighted by molar-refractivity contribution is 0.750. The minimum atomic E-state index is -0.184. The standard InChI is InChI=1S/C22H17ClN6OS2/c1-12-6-5-9-17(13(12)2)29-22(26-27-28-29)32-11-18-24-20(30)19-15(10-31-21(19)25-18)14-7-3-4-8-16(14)23/h3-10H,11H2,1-2H3,(H,24,25,30). The fraction of sp³-hybridized carbons (Fsp3) is 0.136. The van der Waals surface area contributed by atoms with Crippen molar-refractivity contribution in [2.75, 3.05) is 0 Å². The molecule has 2 aromatic carbocycles. The molecule has 1 N–H and O–H groups in total. The van der Waals surface area contributed by atoms with E-state index in [2.05, 4.69) is 38.5 Å². The van der Waals surface area contributed by atoms with Gasteiger partial charge in [-0.3, -0.25) is 4.79 Å². The molecule has 0 fully saturated rings. The smallest absolute Gasteiger partial charge is 0.260 e. The van der Waals surface area contributed by atoms with Crippen molar-refractivity contribution in [3.63, 3.8) is 0 Å². The Hall–Kier alpha value is -3.01. The first-order chi connectivity index (χ1) is 15.5. The molecular formula is C22H17ClN6OS2. The molecule has 160 valence electrons. The number of tetrazole rings is 1. The summed E-state index contributed by atoms with van der Waals surface area (Å²) in [5, 5.41) is 15.8. The zero-order chi connectivity index (χ0) is 22.2. The molecule has 0 spiro atoms. The molecule has 0 atom stereocenters. The van der Waals surface area contributed by atoms with Crippen LogP contribution < -0.4 is 5.56 Å². The van der Waals surface area contributed by atoms with Crippen LogP contribution in [-0.4, -0.2) is 30.2 Å². The van der Waals surface area contributed by atoms with Gasteiger partial charge in [-0.15, -0.1) is 16.4 Å². The highest BCUT2D eigenvalue weighted by Crippen LogP contribution is 2.35.